The van der Waals surface area contributed by atoms with Crippen LogP contribution < -0.4 is 10.6 Å². The minimum atomic E-state index is -0.361. The van der Waals surface area contributed by atoms with E-state index in [1.54, 1.807) is 6.07 Å². The Morgan fingerprint density at radius 2 is 2.00 bits per heavy atom. The van der Waals surface area contributed by atoms with E-state index in [9.17, 15) is 4.39 Å². The summed E-state index contributed by atoms with van der Waals surface area (Å²) in [6.45, 7) is 1.59. The molecule has 96 valence electrons. The number of nitrogens with one attached hydrogen (secondary N) is 1. The molecule has 2 saturated heterocycles. The van der Waals surface area contributed by atoms with Crippen molar-refractivity contribution < 1.29 is 9.13 Å². The molecule has 0 amide bonds. The summed E-state index contributed by atoms with van der Waals surface area (Å²) in [5, 5.41) is 7.56. The Bertz CT molecular complexity index is 479. The number of ether oxygens (including phenoxy) is 1. The van der Waals surface area contributed by atoms with Gasteiger partial charge in [-0.05, 0) is 31.0 Å². The number of halogens is 1. The van der Waals surface area contributed by atoms with Crippen molar-refractivity contribution in [1.29, 1.82) is 5.41 Å². The quantitative estimate of drug-likeness (QED) is 0.616. The van der Waals surface area contributed by atoms with E-state index in [4.69, 9.17) is 15.9 Å². The largest absolute Gasteiger partial charge is 0.384 e. The number of rotatable bonds is 2. The van der Waals surface area contributed by atoms with Crippen molar-refractivity contribution in [2.45, 2.75) is 25.0 Å². The van der Waals surface area contributed by atoms with Crippen molar-refractivity contribution >= 4 is 11.5 Å². The number of fused-ring (bicyclic) bond motifs is 2. The first-order valence-corrected chi connectivity index (χ1v) is 6.18. The summed E-state index contributed by atoms with van der Waals surface area (Å²) in [6, 6.07) is 4.45. The Kier molecular flexibility index (Phi) is 2.70. The van der Waals surface area contributed by atoms with Crippen LogP contribution in [-0.2, 0) is 4.74 Å². The zero-order valence-corrected chi connectivity index (χ0v) is 10.0. The highest BCUT2D eigenvalue weighted by molar-refractivity contribution is 6.00. The van der Waals surface area contributed by atoms with E-state index >= 15 is 0 Å². The van der Waals surface area contributed by atoms with Crippen molar-refractivity contribution in [3.05, 3.63) is 29.6 Å². The van der Waals surface area contributed by atoms with Gasteiger partial charge in [-0.15, -0.1) is 0 Å². The number of amidine groups is 1. The fourth-order valence-electron chi connectivity index (χ4n) is 2.81. The maximum Gasteiger partial charge on any atom is 0.125 e. The summed E-state index contributed by atoms with van der Waals surface area (Å²) in [6.07, 6.45) is 2.68. The van der Waals surface area contributed by atoms with E-state index in [0.29, 0.717) is 5.56 Å². The van der Waals surface area contributed by atoms with E-state index in [-0.39, 0.29) is 23.9 Å². The highest BCUT2D eigenvalue weighted by atomic mass is 19.1. The lowest BCUT2D eigenvalue weighted by atomic mass is 10.1. The third-order valence-corrected chi connectivity index (χ3v) is 3.63. The Labute approximate surface area is 105 Å². The van der Waals surface area contributed by atoms with Crippen LogP contribution >= 0.6 is 0 Å². The highest BCUT2D eigenvalue weighted by Gasteiger charge is 2.34. The van der Waals surface area contributed by atoms with E-state index in [1.165, 1.54) is 12.1 Å². The summed E-state index contributed by atoms with van der Waals surface area (Å²) < 4.78 is 19.0. The molecule has 2 aliphatic rings. The molecule has 1 aromatic carbocycles. The number of benzene rings is 1. The predicted molar refractivity (Wildman–Crippen MR) is 67.5 cm³/mol. The summed E-state index contributed by atoms with van der Waals surface area (Å²) in [5.41, 5.74) is 6.84. The first kappa shape index (κ1) is 11.5. The van der Waals surface area contributed by atoms with Gasteiger partial charge in [-0.3, -0.25) is 5.41 Å². The zero-order chi connectivity index (χ0) is 12.7. The number of anilines is 1. The summed E-state index contributed by atoms with van der Waals surface area (Å²) >= 11 is 0. The van der Waals surface area contributed by atoms with Gasteiger partial charge in [-0.1, -0.05) is 0 Å². The molecule has 0 radical (unpaired) electrons. The van der Waals surface area contributed by atoms with Crippen LogP contribution in [0.4, 0.5) is 10.1 Å². The van der Waals surface area contributed by atoms with Crippen LogP contribution in [0.15, 0.2) is 18.2 Å². The van der Waals surface area contributed by atoms with Gasteiger partial charge in [0, 0.05) is 24.3 Å². The van der Waals surface area contributed by atoms with Crippen molar-refractivity contribution in [3.8, 4) is 0 Å². The predicted octanol–water partition coefficient (Wildman–Crippen LogP) is 1.48. The third-order valence-electron chi connectivity index (χ3n) is 3.63. The van der Waals surface area contributed by atoms with Crippen molar-refractivity contribution in [2.75, 3.05) is 18.0 Å². The normalized spacial score (nSPS) is 26.4. The topological polar surface area (TPSA) is 62.3 Å². The maximum absolute atomic E-state index is 13.2. The van der Waals surface area contributed by atoms with Gasteiger partial charge in [0.25, 0.3) is 0 Å². The van der Waals surface area contributed by atoms with Gasteiger partial charge in [0.1, 0.15) is 11.7 Å². The summed E-state index contributed by atoms with van der Waals surface area (Å²) in [7, 11) is 0. The lowest BCUT2D eigenvalue weighted by Gasteiger charge is -2.34. The monoisotopic (exact) mass is 249 g/mol. The fraction of sp³-hybridized carbons (Fsp3) is 0.462. The fourth-order valence-corrected chi connectivity index (χ4v) is 2.81. The second-order valence-corrected chi connectivity index (χ2v) is 4.94. The minimum absolute atomic E-state index is 0.0941. The molecule has 1 aromatic rings. The standard InChI is InChI=1S/C13H16FN3O/c14-8-1-4-12(11(5-8)13(15)16)17-6-9-2-3-10(7-17)18-9/h1,4-5,9-10H,2-3,6-7H2,(H3,15,16). The lowest BCUT2D eigenvalue weighted by molar-refractivity contribution is 0.0305. The average Bonchev–Trinajstić information content (AvgIpc) is 2.68. The Hall–Kier alpha value is -1.62. The molecule has 0 spiro atoms. The van der Waals surface area contributed by atoms with Crippen LogP contribution in [0.5, 0.6) is 0 Å². The molecule has 0 aliphatic carbocycles. The first-order chi connectivity index (χ1) is 8.63. The lowest BCUT2D eigenvalue weighted by Crippen LogP contribution is -2.43. The van der Waals surface area contributed by atoms with E-state index in [0.717, 1.165) is 31.6 Å². The molecule has 3 rings (SSSR count). The second kappa shape index (κ2) is 4.24. The maximum atomic E-state index is 13.2. The molecular weight excluding hydrogens is 233 g/mol. The van der Waals surface area contributed by atoms with Gasteiger partial charge in [0.15, 0.2) is 0 Å². The van der Waals surface area contributed by atoms with Crippen LogP contribution in [0, 0.1) is 11.2 Å². The van der Waals surface area contributed by atoms with Crippen LogP contribution in [0.1, 0.15) is 18.4 Å². The summed E-state index contributed by atoms with van der Waals surface area (Å²) in [5.74, 6) is -0.455. The second-order valence-electron chi connectivity index (χ2n) is 4.94. The van der Waals surface area contributed by atoms with Gasteiger partial charge >= 0.3 is 0 Å². The minimum Gasteiger partial charge on any atom is -0.384 e. The zero-order valence-electron chi connectivity index (χ0n) is 10.0. The van der Waals surface area contributed by atoms with Crippen molar-refractivity contribution in [3.63, 3.8) is 0 Å². The van der Waals surface area contributed by atoms with Crippen molar-refractivity contribution in [1.82, 2.24) is 0 Å². The average molecular weight is 249 g/mol. The molecule has 0 aromatic heterocycles. The van der Waals surface area contributed by atoms with Crippen LogP contribution in [0.3, 0.4) is 0 Å². The van der Waals surface area contributed by atoms with Gasteiger partial charge in [-0.2, -0.15) is 0 Å². The number of nitrogens with two attached hydrogens (primary N) is 1. The van der Waals surface area contributed by atoms with E-state index in [1.807, 2.05) is 0 Å². The van der Waals surface area contributed by atoms with Crippen LogP contribution in [-0.4, -0.2) is 31.1 Å². The van der Waals surface area contributed by atoms with Crippen LogP contribution in [0.2, 0.25) is 0 Å². The van der Waals surface area contributed by atoms with Gasteiger partial charge in [-0.25, -0.2) is 4.39 Å². The molecule has 2 bridgehead atoms. The molecular formula is C13H16FN3O. The number of morpholine rings is 1. The third kappa shape index (κ3) is 1.95. The number of nitrogen functional groups attached to an aromatic ring is 1. The number of hydrogen-bond donors (Lipinski definition) is 2. The van der Waals surface area contributed by atoms with E-state index in [2.05, 4.69) is 4.90 Å². The Balaban J connectivity index is 1.94. The molecule has 2 fully saturated rings. The van der Waals surface area contributed by atoms with Crippen LogP contribution in [0.25, 0.3) is 0 Å². The van der Waals surface area contributed by atoms with Gasteiger partial charge in [0.2, 0.25) is 0 Å². The summed E-state index contributed by atoms with van der Waals surface area (Å²) in [4.78, 5) is 2.15. The molecule has 4 nitrogen and oxygen atoms in total. The Morgan fingerprint density at radius 1 is 1.33 bits per heavy atom. The molecule has 18 heavy (non-hydrogen) atoms. The molecule has 3 N–H and O–H groups in total. The molecule has 5 heteroatoms. The van der Waals surface area contributed by atoms with Gasteiger partial charge < -0.3 is 15.4 Å². The molecule has 2 aliphatic heterocycles. The van der Waals surface area contributed by atoms with E-state index < -0.39 is 0 Å². The molecule has 0 saturated carbocycles. The molecule has 2 heterocycles. The SMILES string of the molecule is N=C(N)c1cc(F)ccc1N1CC2CCC(C1)O2. The number of hydrogen-bond acceptors (Lipinski definition) is 3. The first-order valence-electron chi connectivity index (χ1n) is 6.18. The number of nitrogens with zero attached hydrogens (tertiary/aromatic N) is 1. The smallest absolute Gasteiger partial charge is 0.125 e. The van der Waals surface area contributed by atoms with Crippen molar-refractivity contribution in [2.24, 2.45) is 5.73 Å². The molecule has 2 unspecified atom stereocenters. The molecule has 2 atom stereocenters. The van der Waals surface area contributed by atoms with Gasteiger partial charge in [0.05, 0.1) is 12.2 Å². The highest BCUT2D eigenvalue weighted by Crippen LogP contribution is 2.31. The Morgan fingerprint density at radius 3 is 2.61 bits per heavy atom.